The molecule has 1 aromatic heterocycles. The molecule has 0 radical (unpaired) electrons. The second kappa shape index (κ2) is 8.59. The minimum atomic E-state index is -0.106. The Balaban J connectivity index is 1.32. The number of nitrogens with zero attached hydrogens (tertiary/aromatic N) is 3. The number of fused-ring (bicyclic) bond motifs is 1. The molecule has 1 aliphatic carbocycles. The normalized spacial score (nSPS) is 20.2. The molecule has 0 spiro atoms. The quantitative estimate of drug-likeness (QED) is 0.854. The number of anilines is 1. The summed E-state index contributed by atoms with van der Waals surface area (Å²) < 4.78 is 0. The highest BCUT2D eigenvalue weighted by Crippen LogP contribution is 2.24. The van der Waals surface area contributed by atoms with E-state index in [-0.39, 0.29) is 18.1 Å². The molecule has 2 aromatic rings. The van der Waals surface area contributed by atoms with E-state index in [1.165, 1.54) is 36.0 Å². The number of hydrogen-bond donors (Lipinski definition) is 2. The van der Waals surface area contributed by atoms with E-state index in [1.54, 1.807) is 12.4 Å². The van der Waals surface area contributed by atoms with Crippen LogP contribution in [0, 0.1) is 0 Å². The molecule has 1 aromatic carbocycles. The lowest BCUT2D eigenvalue weighted by atomic mass is 9.89. The number of benzene rings is 1. The van der Waals surface area contributed by atoms with Crippen LogP contribution in [0.3, 0.4) is 0 Å². The Morgan fingerprint density at radius 1 is 1.14 bits per heavy atom. The van der Waals surface area contributed by atoms with Gasteiger partial charge in [0.05, 0.1) is 6.04 Å². The molecule has 148 valence electrons. The highest BCUT2D eigenvalue weighted by Gasteiger charge is 2.23. The van der Waals surface area contributed by atoms with E-state index >= 15 is 0 Å². The largest absolute Gasteiger partial charge is 0.339 e. The number of aromatic nitrogens is 2. The number of rotatable bonds is 4. The van der Waals surface area contributed by atoms with Crippen LogP contribution in [0.4, 0.5) is 10.7 Å². The summed E-state index contributed by atoms with van der Waals surface area (Å²) in [6.07, 6.45) is 10.4. The number of urea groups is 1. The molecule has 1 fully saturated rings. The van der Waals surface area contributed by atoms with Gasteiger partial charge in [0, 0.05) is 31.5 Å². The summed E-state index contributed by atoms with van der Waals surface area (Å²) in [5.74, 6) is 0.733. The molecular formula is C22H29N5O. The fourth-order valence-electron chi connectivity index (χ4n) is 4.26. The van der Waals surface area contributed by atoms with Gasteiger partial charge in [-0.05, 0) is 68.2 Å². The van der Waals surface area contributed by atoms with Gasteiger partial charge in [0.15, 0.2) is 0 Å². The van der Waals surface area contributed by atoms with Crippen molar-refractivity contribution in [3.05, 3.63) is 53.3 Å². The van der Waals surface area contributed by atoms with Gasteiger partial charge in [0.2, 0.25) is 5.95 Å². The van der Waals surface area contributed by atoms with Crippen molar-refractivity contribution < 1.29 is 4.79 Å². The molecule has 0 unspecified atom stereocenters. The van der Waals surface area contributed by atoms with Gasteiger partial charge in [-0.3, -0.25) is 0 Å². The van der Waals surface area contributed by atoms with Crippen molar-refractivity contribution in [1.82, 2.24) is 20.6 Å². The molecule has 1 aliphatic heterocycles. The van der Waals surface area contributed by atoms with Crippen LogP contribution in [-0.4, -0.2) is 35.1 Å². The molecule has 1 saturated heterocycles. The minimum Gasteiger partial charge on any atom is -0.339 e. The third kappa shape index (κ3) is 4.43. The Kier molecular flexibility index (Phi) is 5.74. The zero-order chi connectivity index (χ0) is 19.3. The second-order valence-corrected chi connectivity index (χ2v) is 7.91. The van der Waals surface area contributed by atoms with Crippen LogP contribution in [0.25, 0.3) is 0 Å². The second-order valence-electron chi connectivity index (χ2n) is 7.91. The Hall–Kier alpha value is -2.63. The standard InChI is InChI=1S/C22H29N5O/c1-16(18-10-9-17-6-2-3-7-19(17)14-18)25-22(28)26-20-8-4-13-27(15-20)21-23-11-5-12-24-21/h5,9-12,14,16,20H,2-4,6-8,13,15H2,1H3,(H2,25,26,28)/t16-,20-/m1/s1. The van der Waals surface area contributed by atoms with Gasteiger partial charge in [0.25, 0.3) is 0 Å². The summed E-state index contributed by atoms with van der Waals surface area (Å²) in [5, 5.41) is 6.24. The molecule has 6 nitrogen and oxygen atoms in total. The van der Waals surface area contributed by atoms with Gasteiger partial charge in [-0.2, -0.15) is 0 Å². The lowest BCUT2D eigenvalue weighted by molar-refractivity contribution is 0.232. The van der Waals surface area contributed by atoms with Crippen LogP contribution >= 0.6 is 0 Å². The van der Waals surface area contributed by atoms with E-state index < -0.39 is 0 Å². The van der Waals surface area contributed by atoms with Crippen LogP contribution < -0.4 is 15.5 Å². The average Bonchev–Trinajstić information content (AvgIpc) is 2.74. The topological polar surface area (TPSA) is 70.2 Å². The first-order valence-corrected chi connectivity index (χ1v) is 10.4. The first-order valence-electron chi connectivity index (χ1n) is 10.4. The summed E-state index contributed by atoms with van der Waals surface area (Å²) >= 11 is 0. The average molecular weight is 380 g/mol. The van der Waals surface area contributed by atoms with E-state index in [4.69, 9.17) is 0 Å². The molecule has 2 atom stereocenters. The van der Waals surface area contributed by atoms with Crippen LogP contribution in [0.5, 0.6) is 0 Å². The molecule has 28 heavy (non-hydrogen) atoms. The first-order chi connectivity index (χ1) is 13.7. The van der Waals surface area contributed by atoms with E-state index in [1.807, 2.05) is 6.07 Å². The number of hydrogen-bond acceptors (Lipinski definition) is 4. The van der Waals surface area contributed by atoms with Crippen molar-refractivity contribution in [3.8, 4) is 0 Å². The first kappa shape index (κ1) is 18.7. The molecule has 2 heterocycles. The van der Waals surface area contributed by atoms with Crippen LogP contribution in [0.15, 0.2) is 36.7 Å². The smallest absolute Gasteiger partial charge is 0.315 e. The molecule has 2 N–H and O–H groups in total. The van der Waals surface area contributed by atoms with Crippen molar-refractivity contribution in [3.63, 3.8) is 0 Å². The van der Waals surface area contributed by atoms with E-state index in [0.29, 0.717) is 0 Å². The van der Waals surface area contributed by atoms with Crippen molar-refractivity contribution in [2.24, 2.45) is 0 Å². The third-order valence-electron chi connectivity index (χ3n) is 5.81. The van der Waals surface area contributed by atoms with Crippen molar-refractivity contribution >= 4 is 12.0 Å². The maximum atomic E-state index is 12.6. The summed E-state index contributed by atoms with van der Waals surface area (Å²) in [7, 11) is 0. The van der Waals surface area contributed by atoms with Crippen LogP contribution in [-0.2, 0) is 12.8 Å². The number of carbonyl (C=O) groups excluding carboxylic acids is 1. The van der Waals surface area contributed by atoms with E-state index in [9.17, 15) is 4.79 Å². The Bertz CT molecular complexity index is 810. The summed E-state index contributed by atoms with van der Waals surface area (Å²) in [6.45, 7) is 3.72. The van der Waals surface area contributed by atoms with Gasteiger partial charge in [0.1, 0.15) is 0 Å². The Morgan fingerprint density at radius 2 is 1.93 bits per heavy atom. The lowest BCUT2D eigenvalue weighted by Gasteiger charge is -2.33. The molecule has 2 amide bonds. The highest BCUT2D eigenvalue weighted by atomic mass is 16.2. The Morgan fingerprint density at radius 3 is 2.75 bits per heavy atom. The third-order valence-corrected chi connectivity index (χ3v) is 5.81. The molecule has 0 saturated carbocycles. The monoisotopic (exact) mass is 379 g/mol. The predicted molar refractivity (Wildman–Crippen MR) is 110 cm³/mol. The molecule has 0 bridgehead atoms. The Labute approximate surface area is 166 Å². The number of nitrogens with one attached hydrogen (secondary N) is 2. The fourth-order valence-corrected chi connectivity index (χ4v) is 4.26. The van der Waals surface area contributed by atoms with E-state index in [2.05, 4.69) is 50.6 Å². The summed E-state index contributed by atoms with van der Waals surface area (Å²) in [6, 6.07) is 8.47. The van der Waals surface area contributed by atoms with Gasteiger partial charge in [-0.25, -0.2) is 14.8 Å². The zero-order valence-corrected chi connectivity index (χ0v) is 16.5. The number of aryl methyl sites for hydroxylation is 2. The SMILES string of the molecule is C[C@@H](NC(=O)N[C@@H]1CCCN(c2ncccn2)C1)c1ccc2c(c1)CCCC2. The van der Waals surface area contributed by atoms with Crippen molar-refractivity contribution in [2.45, 2.75) is 57.5 Å². The van der Waals surface area contributed by atoms with Gasteiger partial charge in [-0.1, -0.05) is 18.2 Å². The van der Waals surface area contributed by atoms with Crippen molar-refractivity contribution in [2.75, 3.05) is 18.0 Å². The molecule has 6 heteroatoms. The predicted octanol–water partition coefficient (Wildman–Crippen LogP) is 3.38. The minimum absolute atomic E-state index is 0.00984. The number of carbonyl (C=O) groups is 1. The molecular weight excluding hydrogens is 350 g/mol. The van der Waals surface area contributed by atoms with Gasteiger partial charge in [-0.15, -0.1) is 0 Å². The number of amides is 2. The van der Waals surface area contributed by atoms with Crippen molar-refractivity contribution in [1.29, 1.82) is 0 Å². The van der Waals surface area contributed by atoms with Crippen LogP contribution in [0.1, 0.15) is 55.3 Å². The molecule has 4 rings (SSSR count). The maximum Gasteiger partial charge on any atom is 0.315 e. The van der Waals surface area contributed by atoms with Gasteiger partial charge >= 0.3 is 6.03 Å². The number of piperidine rings is 1. The zero-order valence-electron chi connectivity index (χ0n) is 16.5. The summed E-state index contributed by atoms with van der Waals surface area (Å²) in [5.41, 5.74) is 4.10. The van der Waals surface area contributed by atoms with Gasteiger partial charge < -0.3 is 15.5 Å². The summed E-state index contributed by atoms with van der Waals surface area (Å²) in [4.78, 5) is 23.3. The maximum absolute atomic E-state index is 12.6. The van der Waals surface area contributed by atoms with Crippen LogP contribution in [0.2, 0.25) is 0 Å². The van der Waals surface area contributed by atoms with E-state index in [0.717, 1.165) is 38.3 Å². The molecule has 2 aliphatic rings. The fraction of sp³-hybridized carbons (Fsp3) is 0.500. The lowest BCUT2D eigenvalue weighted by Crippen LogP contribution is -2.51. The highest BCUT2D eigenvalue weighted by molar-refractivity contribution is 5.75.